The molecule has 0 heterocycles. The van der Waals surface area contributed by atoms with Crippen LogP contribution in [0.15, 0.2) is 29.2 Å². The molecule has 2 nitrogen and oxygen atoms in total. The smallest absolute Gasteiger partial charge is 0.0906 e. The molecule has 21 heavy (non-hydrogen) atoms. The van der Waals surface area contributed by atoms with Gasteiger partial charge in [-0.3, -0.25) is 0 Å². The summed E-state index contributed by atoms with van der Waals surface area (Å²) in [4.78, 5) is 1.29. The van der Waals surface area contributed by atoms with Gasteiger partial charge in [0, 0.05) is 17.4 Å². The molecule has 2 N–H and O–H groups in total. The maximum absolute atomic E-state index is 10.8. The van der Waals surface area contributed by atoms with Crippen molar-refractivity contribution in [2.24, 2.45) is 11.8 Å². The third kappa shape index (κ3) is 6.01. The first-order valence-corrected chi connectivity index (χ1v) is 9.02. The van der Waals surface area contributed by atoms with Crippen LogP contribution in [0.4, 0.5) is 0 Å². The van der Waals surface area contributed by atoms with E-state index in [4.69, 9.17) is 0 Å². The standard InChI is InChI=1S/C18H31NOS/c1-6-19-13-15(4)18(5,20)16-7-9-17(10-8-16)21-12-11-14(2)3/h7-10,14-15,19-20H,6,11-13H2,1-5H3. The van der Waals surface area contributed by atoms with E-state index in [9.17, 15) is 5.11 Å². The zero-order valence-corrected chi connectivity index (χ0v) is 15.0. The van der Waals surface area contributed by atoms with Crippen LogP contribution in [-0.4, -0.2) is 23.9 Å². The highest BCUT2D eigenvalue weighted by Crippen LogP contribution is 2.30. The van der Waals surface area contributed by atoms with Crippen molar-refractivity contribution in [2.45, 2.75) is 51.5 Å². The van der Waals surface area contributed by atoms with E-state index in [1.54, 1.807) is 0 Å². The number of benzene rings is 1. The molecule has 0 amide bonds. The molecule has 0 aromatic heterocycles. The lowest BCUT2D eigenvalue weighted by Gasteiger charge is -2.31. The summed E-state index contributed by atoms with van der Waals surface area (Å²) in [5.74, 6) is 2.09. The molecule has 0 aliphatic heterocycles. The Labute approximate surface area is 134 Å². The van der Waals surface area contributed by atoms with Crippen LogP contribution in [0.1, 0.15) is 46.6 Å². The zero-order chi connectivity index (χ0) is 15.9. The number of nitrogens with one attached hydrogen (secondary N) is 1. The molecule has 0 bridgehead atoms. The van der Waals surface area contributed by atoms with E-state index in [0.717, 1.165) is 30.3 Å². The largest absolute Gasteiger partial charge is 0.385 e. The van der Waals surface area contributed by atoms with Crippen LogP contribution in [0.2, 0.25) is 0 Å². The van der Waals surface area contributed by atoms with E-state index < -0.39 is 5.60 Å². The van der Waals surface area contributed by atoms with Gasteiger partial charge >= 0.3 is 0 Å². The summed E-state index contributed by atoms with van der Waals surface area (Å²) < 4.78 is 0. The molecule has 0 spiro atoms. The second-order valence-corrected chi connectivity index (χ2v) is 7.58. The van der Waals surface area contributed by atoms with Crippen LogP contribution in [0.3, 0.4) is 0 Å². The van der Waals surface area contributed by atoms with E-state index in [2.05, 4.69) is 57.3 Å². The van der Waals surface area contributed by atoms with Crippen molar-refractivity contribution in [2.75, 3.05) is 18.8 Å². The lowest BCUT2D eigenvalue weighted by atomic mass is 9.84. The van der Waals surface area contributed by atoms with Crippen LogP contribution in [0.5, 0.6) is 0 Å². The van der Waals surface area contributed by atoms with Crippen LogP contribution >= 0.6 is 11.8 Å². The van der Waals surface area contributed by atoms with Crippen molar-refractivity contribution in [3.8, 4) is 0 Å². The fraction of sp³-hybridized carbons (Fsp3) is 0.667. The Hall–Kier alpha value is -0.510. The van der Waals surface area contributed by atoms with Gasteiger partial charge in [0.25, 0.3) is 0 Å². The Morgan fingerprint density at radius 1 is 1.19 bits per heavy atom. The van der Waals surface area contributed by atoms with Crippen LogP contribution in [0.25, 0.3) is 0 Å². The monoisotopic (exact) mass is 309 g/mol. The molecule has 0 fully saturated rings. The molecular formula is C18H31NOS. The first-order valence-electron chi connectivity index (χ1n) is 8.04. The van der Waals surface area contributed by atoms with Crippen molar-refractivity contribution in [3.63, 3.8) is 0 Å². The lowest BCUT2D eigenvalue weighted by Crippen LogP contribution is -2.36. The average Bonchev–Trinajstić information content (AvgIpc) is 2.44. The second kappa shape index (κ2) is 8.82. The minimum atomic E-state index is -0.788. The van der Waals surface area contributed by atoms with Crippen molar-refractivity contribution in [3.05, 3.63) is 29.8 Å². The van der Waals surface area contributed by atoms with E-state index in [1.165, 1.54) is 11.3 Å². The summed E-state index contributed by atoms with van der Waals surface area (Å²) in [5, 5.41) is 14.1. The normalized spacial score (nSPS) is 16.0. The first-order chi connectivity index (χ1) is 9.87. The summed E-state index contributed by atoms with van der Waals surface area (Å²) in [5.41, 5.74) is 0.213. The summed E-state index contributed by atoms with van der Waals surface area (Å²) in [6.45, 7) is 12.4. The van der Waals surface area contributed by atoms with E-state index >= 15 is 0 Å². The summed E-state index contributed by atoms with van der Waals surface area (Å²) >= 11 is 1.90. The van der Waals surface area contributed by atoms with Crippen molar-refractivity contribution in [1.82, 2.24) is 5.32 Å². The lowest BCUT2D eigenvalue weighted by molar-refractivity contribution is 0.00205. The second-order valence-electron chi connectivity index (χ2n) is 6.41. The summed E-state index contributed by atoms with van der Waals surface area (Å²) in [6.07, 6.45) is 1.24. The molecule has 0 aliphatic rings. The summed E-state index contributed by atoms with van der Waals surface area (Å²) in [6, 6.07) is 8.41. The third-order valence-electron chi connectivity index (χ3n) is 4.06. The van der Waals surface area contributed by atoms with Gasteiger partial charge in [0.05, 0.1) is 5.60 Å². The number of thioether (sulfide) groups is 1. The maximum atomic E-state index is 10.8. The molecule has 2 unspecified atom stereocenters. The topological polar surface area (TPSA) is 32.3 Å². The fourth-order valence-electron chi connectivity index (χ4n) is 2.15. The Morgan fingerprint density at radius 2 is 1.81 bits per heavy atom. The highest BCUT2D eigenvalue weighted by Gasteiger charge is 2.29. The van der Waals surface area contributed by atoms with Gasteiger partial charge in [-0.1, -0.05) is 39.8 Å². The summed E-state index contributed by atoms with van der Waals surface area (Å²) in [7, 11) is 0. The van der Waals surface area contributed by atoms with Gasteiger partial charge in [-0.2, -0.15) is 0 Å². The molecule has 0 saturated carbocycles. The average molecular weight is 310 g/mol. The number of aliphatic hydroxyl groups is 1. The zero-order valence-electron chi connectivity index (χ0n) is 14.1. The van der Waals surface area contributed by atoms with Gasteiger partial charge in [0.1, 0.15) is 0 Å². The molecule has 0 saturated heterocycles. The highest BCUT2D eigenvalue weighted by molar-refractivity contribution is 7.99. The minimum absolute atomic E-state index is 0.178. The van der Waals surface area contributed by atoms with Crippen molar-refractivity contribution < 1.29 is 5.11 Å². The van der Waals surface area contributed by atoms with Crippen molar-refractivity contribution >= 4 is 11.8 Å². The number of rotatable bonds is 9. The number of hydrogen-bond donors (Lipinski definition) is 2. The Kier molecular flexibility index (Phi) is 7.78. The van der Waals surface area contributed by atoms with Gasteiger partial charge in [-0.25, -0.2) is 0 Å². The third-order valence-corrected chi connectivity index (χ3v) is 5.11. The predicted octanol–water partition coefficient (Wildman–Crippen LogP) is 4.28. The molecule has 1 rings (SSSR count). The molecule has 0 aliphatic carbocycles. The SMILES string of the molecule is CCNCC(C)C(C)(O)c1ccc(SCCC(C)C)cc1. The first kappa shape index (κ1) is 18.5. The molecule has 3 heteroatoms. The highest BCUT2D eigenvalue weighted by atomic mass is 32.2. The molecule has 2 atom stereocenters. The Balaban J connectivity index is 2.63. The Morgan fingerprint density at radius 3 is 2.33 bits per heavy atom. The van der Waals surface area contributed by atoms with Gasteiger partial charge in [0.15, 0.2) is 0 Å². The van der Waals surface area contributed by atoms with Gasteiger partial charge in [-0.05, 0) is 49.3 Å². The molecular weight excluding hydrogens is 278 g/mol. The minimum Gasteiger partial charge on any atom is -0.385 e. The molecule has 0 radical (unpaired) electrons. The van der Waals surface area contributed by atoms with Gasteiger partial charge < -0.3 is 10.4 Å². The quantitative estimate of drug-likeness (QED) is 0.668. The molecule has 120 valence electrons. The van der Waals surface area contributed by atoms with E-state index in [0.29, 0.717) is 0 Å². The van der Waals surface area contributed by atoms with Gasteiger partial charge in [0.2, 0.25) is 0 Å². The fourth-order valence-corrected chi connectivity index (χ4v) is 3.30. The van der Waals surface area contributed by atoms with E-state index in [-0.39, 0.29) is 5.92 Å². The van der Waals surface area contributed by atoms with E-state index in [1.807, 2.05) is 18.7 Å². The van der Waals surface area contributed by atoms with Crippen LogP contribution in [-0.2, 0) is 5.60 Å². The Bertz CT molecular complexity index is 400. The predicted molar refractivity (Wildman–Crippen MR) is 93.9 cm³/mol. The van der Waals surface area contributed by atoms with Crippen molar-refractivity contribution in [1.29, 1.82) is 0 Å². The van der Waals surface area contributed by atoms with Crippen LogP contribution < -0.4 is 5.32 Å². The number of hydrogen-bond acceptors (Lipinski definition) is 3. The van der Waals surface area contributed by atoms with Crippen LogP contribution in [0, 0.1) is 11.8 Å². The molecule has 1 aromatic rings. The maximum Gasteiger partial charge on any atom is 0.0906 e. The molecule has 1 aromatic carbocycles. The van der Waals surface area contributed by atoms with Gasteiger partial charge in [-0.15, -0.1) is 11.8 Å².